The Hall–Kier alpha value is -3.66. The highest BCUT2D eigenvalue weighted by molar-refractivity contribution is 6.51. The molecule has 31 heavy (non-hydrogen) atoms. The molecule has 4 rings (SSSR count). The number of hydrogen-bond acceptors (Lipinski definition) is 3. The average Bonchev–Trinajstić information content (AvgIpc) is 3.06. The number of hydrogen-bond donors (Lipinski definition) is 1. The molecular formula is C27H25NO3. The zero-order valence-electron chi connectivity index (χ0n) is 17.9. The summed E-state index contributed by atoms with van der Waals surface area (Å²) >= 11 is 0. The van der Waals surface area contributed by atoms with E-state index < -0.39 is 17.7 Å². The van der Waals surface area contributed by atoms with E-state index >= 15 is 0 Å². The van der Waals surface area contributed by atoms with Crippen LogP contribution in [0.15, 0.2) is 78.4 Å². The number of nitrogens with zero attached hydrogens (tertiary/aromatic N) is 1. The zero-order chi connectivity index (χ0) is 22.1. The van der Waals surface area contributed by atoms with Gasteiger partial charge in [-0.25, -0.2) is 0 Å². The lowest BCUT2D eigenvalue weighted by Crippen LogP contribution is -2.29. The number of aryl methyl sites for hydroxylation is 3. The van der Waals surface area contributed by atoms with E-state index in [1.54, 1.807) is 12.1 Å². The van der Waals surface area contributed by atoms with Gasteiger partial charge in [0.05, 0.1) is 11.6 Å². The Morgan fingerprint density at radius 1 is 0.935 bits per heavy atom. The summed E-state index contributed by atoms with van der Waals surface area (Å²) < 4.78 is 0. The van der Waals surface area contributed by atoms with Gasteiger partial charge in [0.1, 0.15) is 5.76 Å². The lowest BCUT2D eigenvalue weighted by atomic mass is 9.92. The summed E-state index contributed by atoms with van der Waals surface area (Å²) in [6, 6.07) is 22.0. The minimum Gasteiger partial charge on any atom is -0.507 e. The minimum atomic E-state index is -0.701. The van der Waals surface area contributed by atoms with Gasteiger partial charge in [-0.1, -0.05) is 67.1 Å². The molecule has 4 nitrogen and oxygen atoms in total. The van der Waals surface area contributed by atoms with Crippen molar-refractivity contribution >= 4 is 23.1 Å². The number of carbonyl (C=O) groups excluding carboxylic acids is 2. The van der Waals surface area contributed by atoms with Gasteiger partial charge < -0.3 is 5.11 Å². The van der Waals surface area contributed by atoms with Crippen molar-refractivity contribution in [2.75, 3.05) is 4.90 Å². The number of carbonyl (C=O) groups is 2. The maximum atomic E-state index is 13.2. The van der Waals surface area contributed by atoms with Crippen molar-refractivity contribution in [1.82, 2.24) is 0 Å². The first-order chi connectivity index (χ1) is 14.9. The second kappa shape index (κ2) is 8.23. The van der Waals surface area contributed by atoms with Crippen LogP contribution in [-0.4, -0.2) is 16.8 Å². The highest BCUT2D eigenvalue weighted by atomic mass is 16.3. The van der Waals surface area contributed by atoms with Gasteiger partial charge in [0.25, 0.3) is 11.7 Å². The van der Waals surface area contributed by atoms with Gasteiger partial charge in [0.2, 0.25) is 0 Å². The zero-order valence-corrected chi connectivity index (χ0v) is 17.9. The second-order valence-electron chi connectivity index (χ2n) is 7.92. The monoisotopic (exact) mass is 411 g/mol. The van der Waals surface area contributed by atoms with Crippen LogP contribution in [0.4, 0.5) is 5.69 Å². The van der Waals surface area contributed by atoms with E-state index in [1.165, 1.54) is 4.90 Å². The van der Waals surface area contributed by atoms with E-state index in [9.17, 15) is 14.7 Å². The molecule has 0 spiro atoms. The van der Waals surface area contributed by atoms with Crippen molar-refractivity contribution in [2.24, 2.45) is 0 Å². The Bertz CT molecular complexity index is 1180. The van der Waals surface area contributed by atoms with Gasteiger partial charge in [-0.05, 0) is 55.2 Å². The molecule has 0 aromatic heterocycles. The summed E-state index contributed by atoms with van der Waals surface area (Å²) in [5.74, 6) is -1.45. The van der Waals surface area contributed by atoms with Crippen molar-refractivity contribution in [3.05, 3.63) is 106 Å². The fourth-order valence-corrected chi connectivity index (χ4v) is 4.07. The topological polar surface area (TPSA) is 57.6 Å². The molecule has 0 aliphatic carbocycles. The third-order valence-corrected chi connectivity index (χ3v) is 5.83. The van der Waals surface area contributed by atoms with Crippen LogP contribution in [0.5, 0.6) is 0 Å². The van der Waals surface area contributed by atoms with E-state index in [2.05, 4.69) is 6.92 Å². The van der Waals surface area contributed by atoms with Crippen molar-refractivity contribution in [3.8, 4) is 0 Å². The predicted molar refractivity (Wildman–Crippen MR) is 123 cm³/mol. The fourth-order valence-electron chi connectivity index (χ4n) is 4.07. The molecule has 0 bridgehead atoms. The number of aliphatic hydroxyl groups excluding tert-OH is 1. The molecular weight excluding hydrogens is 386 g/mol. The summed E-state index contributed by atoms with van der Waals surface area (Å²) in [5, 5.41) is 11.3. The van der Waals surface area contributed by atoms with Gasteiger partial charge in [0.15, 0.2) is 0 Å². The van der Waals surface area contributed by atoms with Gasteiger partial charge in [-0.15, -0.1) is 0 Å². The number of rotatable bonds is 4. The van der Waals surface area contributed by atoms with Gasteiger partial charge in [-0.2, -0.15) is 0 Å². The molecule has 1 heterocycles. The first-order valence-electron chi connectivity index (χ1n) is 10.4. The number of benzene rings is 3. The molecule has 1 N–H and O–H groups in total. The Labute approximate surface area is 182 Å². The largest absolute Gasteiger partial charge is 0.507 e. The molecule has 1 amide bonds. The summed E-state index contributed by atoms with van der Waals surface area (Å²) in [5.41, 5.74) is 5.06. The van der Waals surface area contributed by atoms with E-state index in [0.29, 0.717) is 11.3 Å². The molecule has 4 heteroatoms. The summed E-state index contributed by atoms with van der Waals surface area (Å²) in [6.07, 6.45) is 0.891. The van der Waals surface area contributed by atoms with Crippen LogP contribution < -0.4 is 4.90 Å². The number of aliphatic hydroxyl groups is 1. The number of para-hydroxylation sites is 1. The first-order valence-corrected chi connectivity index (χ1v) is 10.4. The standard InChI is InChI=1S/C27H25NO3/c1-4-19-12-14-20(15-13-19)24-23(25(29)22-16-17(2)10-11-18(22)3)26(30)27(31)28(24)21-8-6-5-7-9-21/h5-16,24,29H,4H2,1-3H3/b25-23+. The van der Waals surface area contributed by atoms with E-state index in [4.69, 9.17) is 0 Å². The molecule has 1 aliphatic heterocycles. The number of amides is 1. The third kappa shape index (κ3) is 3.66. The summed E-state index contributed by atoms with van der Waals surface area (Å²) in [7, 11) is 0. The van der Waals surface area contributed by atoms with Crippen molar-refractivity contribution in [1.29, 1.82) is 0 Å². The molecule has 3 aromatic carbocycles. The van der Waals surface area contributed by atoms with E-state index in [0.717, 1.165) is 28.7 Å². The van der Waals surface area contributed by atoms with Gasteiger partial charge >= 0.3 is 0 Å². The van der Waals surface area contributed by atoms with E-state index in [1.807, 2.05) is 74.5 Å². The van der Waals surface area contributed by atoms with Crippen molar-refractivity contribution < 1.29 is 14.7 Å². The number of anilines is 1. The Morgan fingerprint density at radius 3 is 2.26 bits per heavy atom. The fraction of sp³-hybridized carbons (Fsp3) is 0.185. The first kappa shape index (κ1) is 20.6. The van der Waals surface area contributed by atoms with Crippen LogP contribution in [0.1, 0.15) is 40.8 Å². The maximum absolute atomic E-state index is 13.2. The molecule has 156 valence electrons. The molecule has 1 unspecified atom stereocenters. The normalized spacial score (nSPS) is 17.9. The lowest BCUT2D eigenvalue weighted by molar-refractivity contribution is -0.132. The predicted octanol–water partition coefficient (Wildman–Crippen LogP) is 5.49. The van der Waals surface area contributed by atoms with Gasteiger partial charge in [-0.3, -0.25) is 14.5 Å². The van der Waals surface area contributed by atoms with Crippen LogP contribution in [0.25, 0.3) is 5.76 Å². The molecule has 1 fully saturated rings. The summed E-state index contributed by atoms with van der Waals surface area (Å²) in [4.78, 5) is 27.8. The Morgan fingerprint density at radius 2 is 1.61 bits per heavy atom. The van der Waals surface area contributed by atoms with Crippen molar-refractivity contribution in [2.45, 2.75) is 33.2 Å². The van der Waals surface area contributed by atoms with Crippen LogP contribution >= 0.6 is 0 Å². The number of Topliss-reactive ketones (excluding diaryl/α,β-unsaturated/α-hetero) is 1. The maximum Gasteiger partial charge on any atom is 0.300 e. The third-order valence-electron chi connectivity index (χ3n) is 5.83. The lowest BCUT2D eigenvalue weighted by Gasteiger charge is -2.25. The van der Waals surface area contributed by atoms with Crippen LogP contribution in [0, 0.1) is 13.8 Å². The molecule has 1 aliphatic rings. The highest BCUT2D eigenvalue weighted by Gasteiger charge is 2.47. The molecule has 3 aromatic rings. The van der Waals surface area contributed by atoms with Crippen molar-refractivity contribution in [3.63, 3.8) is 0 Å². The number of ketones is 1. The Balaban J connectivity index is 1.96. The Kier molecular flexibility index (Phi) is 5.47. The minimum absolute atomic E-state index is 0.117. The SMILES string of the molecule is CCc1ccc(C2/C(=C(\O)c3cc(C)ccc3C)C(=O)C(=O)N2c2ccccc2)cc1. The molecule has 0 saturated carbocycles. The van der Waals surface area contributed by atoms with Crippen LogP contribution in [0.3, 0.4) is 0 Å². The van der Waals surface area contributed by atoms with Gasteiger partial charge in [0, 0.05) is 11.3 Å². The highest BCUT2D eigenvalue weighted by Crippen LogP contribution is 2.42. The van der Waals surface area contributed by atoms with Crippen LogP contribution in [0.2, 0.25) is 0 Å². The quantitative estimate of drug-likeness (QED) is 0.351. The molecule has 0 radical (unpaired) electrons. The van der Waals surface area contributed by atoms with E-state index in [-0.39, 0.29) is 11.3 Å². The summed E-state index contributed by atoms with van der Waals surface area (Å²) in [6.45, 7) is 5.89. The average molecular weight is 412 g/mol. The molecule has 1 atom stereocenters. The molecule has 1 saturated heterocycles. The smallest absolute Gasteiger partial charge is 0.300 e. The van der Waals surface area contributed by atoms with Crippen LogP contribution in [-0.2, 0) is 16.0 Å². The second-order valence-corrected chi connectivity index (χ2v) is 7.92.